The van der Waals surface area contributed by atoms with Crippen molar-refractivity contribution in [1.82, 2.24) is 4.90 Å². The van der Waals surface area contributed by atoms with Gasteiger partial charge in [0.1, 0.15) is 0 Å². The van der Waals surface area contributed by atoms with E-state index in [1.54, 1.807) is 0 Å². The van der Waals surface area contributed by atoms with Crippen molar-refractivity contribution >= 4 is 11.8 Å². The molecule has 0 amide bonds. The molecule has 1 unspecified atom stereocenters. The van der Waals surface area contributed by atoms with Gasteiger partial charge in [0.05, 0.1) is 0 Å². The molecule has 0 radical (unpaired) electrons. The zero-order valence-electron chi connectivity index (χ0n) is 11.5. The summed E-state index contributed by atoms with van der Waals surface area (Å²) in [4.78, 5) is 2.55. The molecule has 17 heavy (non-hydrogen) atoms. The summed E-state index contributed by atoms with van der Waals surface area (Å²) in [5, 5.41) is 0.821. The Bertz CT molecular complexity index is 186. The number of hydrogen-bond acceptors (Lipinski definition) is 4. The van der Waals surface area contributed by atoms with Gasteiger partial charge < -0.3 is 14.4 Å². The minimum atomic E-state index is -0.0142. The number of rotatable bonds is 8. The summed E-state index contributed by atoms with van der Waals surface area (Å²) in [5.41, 5.74) is 0. The number of thioether (sulfide) groups is 1. The van der Waals surface area contributed by atoms with Crippen molar-refractivity contribution in [1.29, 1.82) is 0 Å². The normalized spacial score (nSPS) is 22.2. The second-order valence-corrected chi connectivity index (χ2v) is 5.74. The first-order chi connectivity index (χ1) is 8.30. The molecular formula is C13H27NO2S. The predicted molar refractivity (Wildman–Crippen MR) is 74.6 cm³/mol. The summed E-state index contributed by atoms with van der Waals surface area (Å²) in [5.74, 6) is 1.27. The van der Waals surface area contributed by atoms with Crippen molar-refractivity contribution in [2.24, 2.45) is 0 Å². The Balaban J connectivity index is 2.22. The maximum Gasteiger partial charge on any atom is 0.158 e. The molecule has 1 aliphatic rings. The van der Waals surface area contributed by atoms with Crippen molar-refractivity contribution in [3.63, 3.8) is 0 Å². The topological polar surface area (TPSA) is 21.7 Å². The molecule has 0 N–H and O–H groups in total. The Morgan fingerprint density at radius 2 is 1.94 bits per heavy atom. The van der Waals surface area contributed by atoms with E-state index in [1.165, 1.54) is 25.3 Å². The SMILES string of the molecule is CCOC(CCN1CCSC(CC)C1)OCC. The molecule has 3 nitrogen and oxygen atoms in total. The molecule has 0 aromatic heterocycles. The molecule has 0 spiro atoms. The van der Waals surface area contributed by atoms with Gasteiger partial charge in [-0.25, -0.2) is 0 Å². The summed E-state index contributed by atoms with van der Waals surface area (Å²) >= 11 is 2.12. The second-order valence-electron chi connectivity index (χ2n) is 4.33. The van der Waals surface area contributed by atoms with Gasteiger partial charge in [-0.2, -0.15) is 11.8 Å². The predicted octanol–water partition coefficient (Wildman–Crippen LogP) is 2.60. The van der Waals surface area contributed by atoms with Gasteiger partial charge in [0.15, 0.2) is 6.29 Å². The van der Waals surface area contributed by atoms with Gasteiger partial charge >= 0.3 is 0 Å². The summed E-state index contributed by atoms with van der Waals surface area (Å²) in [6, 6.07) is 0. The van der Waals surface area contributed by atoms with Crippen molar-refractivity contribution in [2.45, 2.75) is 45.2 Å². The van der Waals surface area contributed by atoms with E-state index in [-0.39, 0.29) is 6.29 Å². The van der Waals surface area contributed by atoms with E-state index in [9.17, 15) is 0 Å². The molecule has 1 saturated heterocycles. The van der Waals surface area contributed by atoms with Gasteiger partial charge in [-0.15, -0.1) is 0 Å². The Kier molecular flexibility index (Phi) is 8.27. The minimum Gasteiger partial charge on any atom is -0.353 e. The van der Waals surface area contributed by atoms with Crippen LogP contribution in [0.4, 0.5) is 0 Å². The van der Waals surface area contributed by atoms with Crippen LogP contribution >= 0.6 is 11.8 Å². The van der Waals surface area contributed by atoms with Crippen LogP contribution in [0.1, 0.15) is 33.6 Å². The molecule has 4 heteroatoms. The highest BCUT2D eigenvalue weighted by Crippen LogP contribution is 2.21. The largest absolute Gasteiger partial charge is 0.353 e. The lowest BCUT2D eigenvalue weighted by atomic mass is 10.2. The molecule has 1 aliphatic heterocycles. The first kappa shape index (κ1) is 15.3. The molecule has 0 aromatic rings. The summed E-state index contributed by atoms with van der Waals surface area (Å²) in [6.45, 7) is 11.3. The summed E-state index contributed by atoms with van der Waals surface area (Å²) < 4.78 is 11.1. The average molecular weight is 261 g/mol. The Hall–Kier alpha value is 0.230. The van der Waals surface area contributed by atoms with Crippen LogP contribution < -0.4 is 0 Å². The lowest BCUT2D eigenvalue weighted by molar-refractivity contribution is -0.141. The van der Waals surface area contributed by atoms with Crippen LogP contribution in [0.2, 0.25) is 0 Å². The number of nitrogens with zero attached hydrogens (tertiary/aromatic N) is 1. The van der Waals surface area contributed by atoms with Gasteiger partial charge in [-0.05, 0) is 20.3 Å². The monoisotopic (exact) mass is 261 g/mol. The third-order valence-corrected chi connectivity index (χ3v) is 4.44. The lowest BCUT2D eigenvalue weighted by Crippen LogP contribution is -2.39. The molecule has 0 aromatic carbocycles. The Morgan fingerprint density at radius 3 is 2.53 bits per heavy atom. The molecule has 1 fully saturated rings. The van der Waals surface area contributed by atoms with Crippen LogP contribution in [0, 0.1) is 0 Å². The maximum absolute atomic E-state index is 5.57. The second kappa shape index (κ2) is 9.20. The molecule has 102 valence electrons. The molecule has 0 aliphatic carbocycles. The number of ether oxygens (including phenoxy) is 2. The van der Waals surface area contributed by atoms with Crippen LogP contribution in [0.5, 0.6) is 0 Å². The smallest absolute Gasteiger partial charge is 0.158 e. The third-order valence-electron chi connectivity index (χ3n) is 3.06. The number of hydrogen-bond donors (Lipinski definition) is 0. The van der Waals surface area contributed by atoms with E-state index in [1.807, 2.05) is 13.8 Å². The van der Waals surface area contributed by atoms with Gasteiger partial charge in [-0.3, -0.25) is 0 Å². The van der Waals surface area contributed by atoms with Gasteiger partial charge in [-0.1, -0.05) is 6.92 Å². The van der Waals surface area contributed by atoms with Crippen molar-refractivity contribution < 1.29 is 9.47 Å². The van der Waals surface area contributed by atoms with Crippen LogP contribution in [-0.2, 0) is 9.47 Å². The zero-order chi connectivity index (χ0) is 12.5. The summed E-state index contributed by atoms with van der Waals surface area (Å²) in [7, 11) is 0. The molecule has 1 rings (SSSR count). The lowest BCUT2D eigenvalue weighted by Gasteiger charge is -2.32. The fourth-order valence-electron chi connectivity index (χ4n) is 2.11. The summed E-state index contributed by atoms with van der Waals surface area (Å²) in [6.07, 6.45) is 2.25. The van der Waals surface area contributed by atoms with Gasteiger partial charge in [0, 0.05) is 50.3 Å². The molecular weight excluding hydrogens is 234 g/mol. The molecule has 1 heterocycles. The quantitative estimate of drug-likeness (QED) is 0.626. The van der Waals surface area contributed by atoms with Gasteiger partial charge in [0.2, 0.25) is 0 Å². The van der Waals surface area contributed by atoms with E-state index in [0.717, 1.165) is 31.4 Å². The van der Waals surface area contributed by atoms with E-state index >= 15 is 0 Å². The molecule has 0 saturated carbocycles. The van der Waals surface area contributed by atoms with Crippen LogP contribution in [0.25, 0.3) is 0 Å². The zero-order valence-corrected chi connectivity index (χ0v) is 12.3. The highest BCUT2D eigenvalue weighted by Gasteiger charge is 2.19. The van der Waals surface area contributed by atoms with Crippen molar-refractivity contribution in [3.8, 4) is 0 Å². The minimum absolute atomic E-state index is 0.0142. The van der Waals surface area contributed by atoms with E-state index < -0.39 is 0 Å². The van der Waals surface area contributed by atoms with Crippen molar-refractivity contribution in [3.05, 3.63) is 0 Å². The fourth-order valence-corrected chi connectivity index (χ4v) is 3.35. The standard InChI is InChI=1S/C13H27NO2S/c1-4-12-11-14(9-10-17-12)8-7-13(15-5-2)16-6-3/h12-13H,4-11H2,1-3H3. The van der Waals surface area contributed by atoms with Crippen molar-refractivity contribution in [2.75, 3.05) is 38.6 Å². The maximum atomic E-state index is 5.57. The fraction of sp³-hybridized carbons (Fsp3) is 1.00. The Morgan fingerprint density at radius 1 is 1.24 bits per heavy atom. The van der Waals surface area contributed by atoms with E-state index in [2.05, 4.69) is 23.6 Å². The first-order valence-electron chi connectivity index (χ1n) is 6.87. The van der Waals surface area contributed by atoms with Crippen LogP contribution in [0.15, 0.2) is 0 Å². The third kappa shape index (κ3) is 6.09. The van der Waals surface area contributed by atoms with E-state index in [4.69, 9.17) is 9.47 Å². The van der Waals surface area contributed by atoms with Crippen LogP contribution in [-0.4, -0.2) is 55.0 Å². The molecule has 1 atom stereocenters. The highest BCUT2D eigenvalue weighted by atomic mass is 32.2. The van der Waals surface area contributed by atoms with Gasteiger partial charge in [0.25, 0.3) is 0 Å². The highest BCUT2D eigenvalue weighted by molar-refractivity contribution is 8.00. The first-order valence-corrected chi connectivity index (χ1v) is 7.92. The molecule has 0 bridgehead atoms. The van der Waals surface area contributed by atoms with Crippen LogP contribution in [0.3, 0.4) is 0 Å². The average Bonchev–Trinajstić information content (AvgIpc) is 2.37. The Labute approximate surface area is 110 Å². The van der Waals surface area contributed by atoms with E-state index in [0.29, 0.717) is 0 Å².